The average Bonchev–Trinajstić information content (AvgIpc) is 3.59. The molecule has 6 aliphatic rings. The number of benzene rings is 1. The van der Waals surface area contributed by atoms with Crippen LogP contribution in [0.4, 0.5) is 19.2 Å². The maximum atomic E-state index is 12.9. The monoisotopic (exact) mass is 858 g/mol. The molecule has 20 heteroatoms. The molecule has 4 atom stereocenters. The predicted octanol–water partition coefficient (Wildman–Crippen LogP) is 3.93. The van der Waals surface area contributed by atoms with Gasteiger partial charge < -0.3 is 29.1 Å². The molecular formula is C41H62N8O12. The van der Waals surface area contributed by atoms with Crippen LogP contribution >= 0.6 is 0 Å². The molecule has 6 saturated heterocycles. The molecular weight excluding hydrogens is 796 g/mol. The summed E-state index contributed by atoms with van der Waals surface area (Å²) in [6.07, 6.45) is 3.57. The minimum Gasteiger partial charge on any atom is -0.444 e. The molecule has 20 nitrogen and oxygen atoms in total. The fraction of sp³-hybridized carbons (Fsp3) is 0.707. The molecule has 3 N–H and O–H groups in total. The summed E-state index contributed by atoms with van der Waals surface area (Å²) in [5.41, 5.74) is 4.92. The molecule has 0 aliphatic carbocycles. The van der Waals surface area contributed by atoms with Crippen molar-refractivity contribution < 1.29 is 58.0 Å². The highest BCUT2D eigenvalue weighted by Gasteiger charge is 2.49. The molecule has 6 fully saturated rings. The Morgan fingerprint density at radius 1 is 0.639 bits per heavy atom. The van der Waals surface area contributed by atoms with E-state index in [1.165, 1.54) is 9.96 Å². The Morgan fingerprint density at radius 2 is 1.08 bits per heavy atom. The number of carbonyl (C=O) groups excluding carboxylic acids is 6. The SMILES string of the molecule is CC(C)(C)OC(=O)N1CCC(ONC(=O)[C@@H]2CC[C@@H]3CN2C(=O)N3O)CC1.CC(C)(C)OC(=O)N1CCC(ONC(=O)[C@@H]2CC[C@@H]3CN2C(=O)N3OCc2ccccc2)CC1. The second-order valence-corrected chi connectivity index (χ2v) is 18.3. The summed E-state index contributed by atoms with van der Waals surface area (Å²) in [4.78, 5) is 97.4. The molecule has 0 spiro atoms. The van der Waals surface area contributed by atoms with Gasteiger partial charge in [-0.2, -0.15) is 5.06 Å². The number of nitrogens with one attached hydrogen (secondary N) is 2. The number of ether oxygens (including phenoxy) is 2. The van der Waals surface area contributed by atoms with E-state index in [4.69, 9.17) is 24.0 Å². The smallest absolute Gasteiger partial charge is 0.410 e. The van der Waals surface area contributed by atoms with Crippen LogP contribution in [0.25, 0.3) is 0 Å². The van der Waals surface area contributed by atoms with Crippen LogP contribution in [-0.4, -0.2) is 158 Å². The fourth-order valence-corrected chi connectivity index (χ4v) is 8.10. The maximum Gasteiger partial charge on any atom is 0.410 e. The lowest BCUT2D eigenvalue weighted by molar-refractivity contribution is -0.146. The normalized spacial score (nSPS) is 24.6. The molecule has 0 radical (unpaired) electrons. The van der Waals surface area contributed by atoms with Crippen LogP contribution in [0.1, 0.15) is 98.5 Å². The number of nitrogens with zero attached hydrogens (tertiary/aromatic N) is 6. The third-order valence-electron chi connectivity index (χ3n) is 11.3. The average molecular weight is 859 g/mol. The number of hydrogen-bond acceptors (Lipinski definition) is 12. The summed E-state index contributed by atoms with van der Waals surface area (Å²) < 4.78 is 10.8. The molecule has 0 unspecified atom stereocenters. The summed E-state index contributed by atoms with van der Waals surface area (Å²) >= 11 is 0. The molecule has 6 heterocycles. The second kappa shape index (κ2) is 19.4. The van der Waals surface area contributed by atoms with Crippen LogP contribution in [0.2, 0.25) is 0 Å². The Bertz CT molecular complexity index is 1720. The van der Waals surface area contributed by atoms with Crippen molar-refractivity contribution in [3.05, 3.63) is 35.9 Å². The first kappa shape index (κ1) is 45.6. The minimum absolute atomic E-state index is 0.0571. The van der Waals surface area contributed by atoms with E-state index in [-0.39, 0.29) is 54.3 Å². The van der Waals surface area contributed by atoms with Gasteiger partial charge in [0.2, 0.25) is 0 Å². The first-order valence-electron chi connectivity index (χ1n) is 21.3. The van der Waals surface area contributed by atoms with Gasteiger partial charge in [0.05, 0.1) is 24.3 Å². The third kappa shape index (κ3) is 11.9. The molecule has 4 bridgehead atoms. The van der Waals surface area contributed by atoms with Gasteiger partial charge in [0, 0.05) is 39.3 Å². The number of amides is 8. The van der Waals surface area contributed by atoms with Crippen LogP contribution in [0.3, 0.4) is 0 Å². The van der Waals surface area contributed by atoms with Gasteiger partial charge in [-0.3, -0.25) is 29.3 Å². The highest BCUT2D eigenvalue weighted by atomic mass is 16.7. The second-order valence-electron chi connectivity index (χ2n) is 18.3. The molecule has 6 aliphatic heterocycles. The van der Waals surface area contributed by atoms with Gasteiger partial charge in [-0.05, 0) is 98.5 Å². The fourth-order valence-electron chi connectivity index (χ4n) is 8.10. The quantitative estimate of drug-likeness (QED) is 0.238. The van der Waals surface area contributed by atoms with Gasteiger partial charge in [0.15, 0.2) is 0 Å². The Morgan fingerprint density at radius 3 is 1.56 bits per heavy atom. The van der Waals surface area contributed by atoms with Gasteiger partial charge in [-0.25, -0.2) is 35.2 Å². The van der Waals surface area contributed by atoms with Crippen LogP contribution in [0.15, 0.2) is 30.3 Å². The number of hydrogen-bond donors (Lipinski definition) is 3. The number of rotatable bonds is 9. The van der Waals surface area contributed by atoms with Gasteiger partial charge in [-0.1, -0.05) is 30.3 Å². The number of piperidine rings is 4. The van der Waals surface area contributed by atoms with Gasteiger partial charge in [0.25, 0.3) is 11.8 Å². The maximum absolute atomic E-state index is 12.9. The molecule has 0 saturated carbocycles. The van der Waals surface area contributed by atoms with Gasteiger partial charge in [0.1, 0.15) is 29.9 Å². The van der Waals surface area contributed by atoms with Gasteiger partial charge >= 0.3 is 24.2 Å². The van der Waals surface area contributed by atoms with E-state index in [0.29, 0.717) is 102 Å². The van der Waals surface area contributed by atoms with Crippen LogP contribution in [0, 0.1) is 0 Å². The zero-order valence-corrected chi connectivity index (χ0v) is 36.1. The van der Waals surface area contributed by atoms with E-state index in [2.05, 4.69) is 11.0 Å². The lowest BCUT2D eigenvalue weighted by Crippen LogP contribution is -2.51. The lowest BCUT2D eigenvalue weighted by Gasteiger charge is -2.34. The van der Waals surface area contributed by atoms with Crippen molar-refractivity contribution in [2.45, 2.75) is 147 Å². The van der Waals surface area contributed by atoms with Crippen LogP contribution in [0.5, 0.6) is 0 Å². The Labute approximate surface area is 356 Å². The van der Waals surface area contributed by atoms with E-state index in [0.717, 1.165) is 5.56 Å². The lowest BCUT2D eigenvalue weighted by atomic mass is 10.0. The number of likely N-dealkylation sites (tertiary alicyclic amines) is 2. The van der Waals surface area contributed by atoms with Crippen molar-refractivity contribution in [2.24, 2.45) is 0 Å². The Kier molecular flexibility index (Phi) is 14.5. The minimum atomic E-state index is -0.632. The molecule has 0 aromatic heterocycles. The van der Waals surface area contributed by atoms with Crippen molar-refractivity contribution >= 4 is 36.1 Å². The van der Waals surface area contributed by atoms with Crippen LogP contribution < -0.4 is 11.0 Å². The summed E-state index contributed by atoms with van der Waals surface area (Å²) in [5.74, 6) is -0.710. The van der Waals surface area contributed by atoms with Crippen molar-refractivity contribution in [2.75, 3.05) is 39.3 Å². The summed E-state index contributed by atoms with van der Waals surface area (Å²) in [6, 6.07) is 7.33. The van der Waals surface area contributed by atoms with E-state index in [1.54, 1.807) is 14.7 Å². The Hall–Kier alpha value is -4.92. The topological polar surface area (TPSA) is 212 Å². The Balaban J connectivity index is 0.000000210. The van der Waals surface area contributed by atoms with Gasteiger partial charge in [-0.15, -0.1) is 0 Å². The van der Waals surface area contributed by atoms with Crippen LogP contribution in [-0.2, 0) is 40.2 Å². The number of urea groups is 2. The first-order chi connectivity index (χ1) is 28.9. The number of hydroxylamine groups is 6. The number of fused-ring (bicyclic) bond motifs is 4. The first-order valence-corrected chi connectivity index (χ1v) is 21.3. The van der Waals surface area contributed by atoms with E-state index in [9.17, 15) is 34.0 Å². The molecule has 1 aromatic carbocycles. The zero-order chi connectivity index (χ0) is 44.1. The highest BCUT2D eigenvalue weighted by Crippen LogP contribution is 2.31. The highest BCUT2D eigenvalue weighted by molar-refractivity contribution is 5.88. The summed E-state index contributed by atoms with van der Waals surface area (Å²) in [7, 11) is 0. The summed E-state index contributed by atoms with van der Waals surface area (Å²) in [6.45, 7) is 14.1. The molecule has 1 aromatic rings. The predicted molar refractivity (Wildman–Crippen MR) is 215 cm³/mol. The molecule has 7 rings (SSSR count). The van der Waals surface area contributed by atoms with Crippen molar-refractivity contribution in [3.63, 3.8) is 0 Å². The summed E-state index contributed by atoms with van der Waals surface area (Å²) in [5, 5.41) is 11.8. The van der Waals surface area contributed by atoms with E-state index in [1.807, 2.05) is 71.9 Å². The third-order valence-corrected chi connectivity index (χ3v) is 11.3. The van der Waals surface area contributed by atoms with E-state index < -0.39 is 29.3 Å². The molecule has 8 amide bonds. The van der Waals surface area contributed by atoms with Crippen molar-refractivity contribution in [3.8, 4) is 0 Å². The standard InChI is InChI=1S/C24H34N4O6.C17H28N4O6/c1-24(2,3)33-23(31)26-13-11-19(12-14-26)34-25-21(29)20-10-9-18-15-27(20)22(30)28(18)32-16-17-7-5-4-6-8-17;1-17(2,3)26-16(24)19-8-6-12(7-9-19)27-18-14(22)13-5-4-11-10-20(13)15(23)21(11)25/h4-8,18-20H,9-16H2,1-3H3,(H,25,29);11-13,25H,4-10H2,1-3H3,(H,18,22)/t18-,20+;11-,13+/m11/s1. The van der Waals surface area contributed by atoms with Crippen molar-refractivity contribution in [1.29, 1.82) is 0 Å². The van der Waals surface area contributed by atoms with Crippen molar-refractivity contribution in [1.82, 2.24) is 40.7 Å². The molecule has 61 heavy (non-hydrogen) atoms. The zero-order valence-electron chi connectivity index (χ0n) is 36.1. The molecule has 338 valence electrons. The van der Waals surface area contributed by atoms with E-state index >= 15 is 0 Å². The largest absolute Gasteiger partial charge is 0.444 e. The number of carbonyl (C=O) groups is 6.